The number of anilines is 3. The van der Waals surface area contributed by atoms with E-state index in [1.807, 2.05) is 19.1 Å². The van der Waals surface area contributed by atoms with Gasteiger partial charge in [-0.1, -0.05) is 0 Å². The normalized spacial score (nSPS) is 10.0. The zero-order chi connectivity index (χ0) is 14.5. The topological polar surface area (TPSA) is 94.3 Å². The van der Waals surface area contributed by atoms with Crippen LogP contribution >= 0.6 is 0 Å². The lowest BCUT2D eigenvalue weighted by Gasteiger charge is -2.14. The van der Waals surface area contributed by atoms with Crippen molar-refractivity contribution >= 4 is 17.3 Å². The molecule has 7 nitrogen and oxygen atoms in total. The lowest BCUT2D eigenvalue weighted by atomic mass is 10.2. The van der Waals surface area contributed by atoms with Crippen molar-refractivity contribution in [3.63, 3.8) is 0 Å². The van der Waals surface area contributed by atoms with Crippen molar-refractivity contribution < 1.29 is 9.47 Å². The fraction of sp³-hybridized carbons (Fsp3) is 0.231. The maximum Gasteiger partial charge on any atom is 0.148 e. The van der Waals surface area contributed by atoms with Crippen LogP contribution in [0, 0.1) is 6.92 Å². The van der Waals surface area contributed by atoms with Gasteiger partial charge in [0.15, 0.2) is 0 Å². The number of aromatic nitrogens is 2. The molecule has 0 unspecified atom stereocenters. The predicted molar refractivity (Wildman–Crippen MR) is 77.4 cm³/mol. The number of hydrogen-bond donors (Lipinski definition) is 3. The molecule has 0 aliphatic carbocycles. The second kappa shape index (κ2) is 6.07. The van der Waals surface area contributed by atoms with Crippen LogP contribution in [0.1, 0.15) is 5.56 Å². The van der Waals surface area contributed by atoms with Crippen LogP contribution in [0.3, 0.4) is 0 Å². The van der Waals surface area contributed by atoms with Gasteiger partial charge in [-0.15, -0.1) is 0 Å². The minimum absolute atomic E-state index is 0.565. The largest absolute Gasteiger partial charge is 0.497 e. The minimum atomic E-state index is 0.565. The molecule has 0 atom stereocenters. The Kier molecular flexibility index (Phi) is 4.21. The molecule has 1 heterocycles. The fourth-order valence-electron chi connectivity index (χ4n) is 1.75. The van der Waals surface area contributed by atoms with E-state index in [9.17, 15) is 0 Å². The highest BCUT2D eigenvalue weighted by Gasteiger charge is 2.10. The molecule has 0 aliphatic heterocycles. The van der Waals surface area contributed by atoms with E-state index in [0.717, 1.165) is 17.0 Å². The molecule has 2 rings (SSSR count). The summed E-state index contributed by atoms with van der Waals surface area (Å²) in [4.78, 5) is 8.23. The van der Waals surface area contributed by atoms with E-state index in [4.69, 9.17) is 15.3 Å². The molecule has 106 valence electrons. The Morgan fingerprint density at radius 2 is 1.85 bits per heavy atom. The van der Waals surface area contributed by atoms with Crippen LogP contribution in [-0.2, 0) is 0 Å². The third kappa shape index (κ3) is 2.72. The third-order valence-electron chi connectivity index (χ3n) is 2.88. The Bertz CT molecular complexity index is 603. The van der Waals surface area contributed by atoms with Gasteiger partial charge in [0, 0.05) is 11.6 Å². The van der Waals surface area contributed by atoms with E-state index in [0.29, 0.717) is 17.4 Å². The maximum atomic E-state index is 5.40. The molecule has 0 aliphatic rings. The van der Waals surface area contributed by atoms with Gasteiger partial charge in [-0.3, -0.25) is 0 Å². The fourth-order valence-corrected chi connectivity index (χ4v) is 1.75. The van der Waals surface area contributed by atoms with Crippen LogP contribution in [0.15, 0.2) is 24.5 Å². The third-order valence-corrected chi connectivity index (χ3v) is 2.88. The van der Waals surface area contributed by atoms with Gasteiger partial charge in [0.1, 0.15) is 29.5 Å². The van der Waals surface area contributed by atoms with Crippen molar-refractivity contribution in [2.45, 2.75) is 6.92 Å². The van der Waals surface area contributed by atoms with Gasteiger partial charge in [0.05, 0.1) is 19.9 Å². The van der Waals surface area contributed by atoms with E-state index in [1.54, 1.807) is 20.3 Å². The Morgan fingerprint density at radius 1 is 1.10 bits per heavy atom. The molecule has 0 spiro atoms. The summed E-state index contributed by atoms with van der Waals surface area (Å²) in [5.41, 5.74) is 4.11. The highest BCUT2D eigenvalue weighted by Crippen LogP contribution is 2.32. The van der Waals surface area contributed by atoms with Gasteiger partial charge >= 0.3 is 0 Å². The molecule has 0 fully saturated rings. The number of hydrazine groups is 1. The molecule has 2 aromatic rings. The van der Waals surface area contributed by atoms with Crippen LogP contribution in [0.25, 0.3) is 0 Å². The van der Waals surface area contributed by atoms with Gasteiger partial charge in [0.2, 0.25) is 0 Å². The highest BCUT2D eigenvalue weighted by molar-refractivity contribution is 5.69. The Morgan fingerprint density at radius 3 is 2.50 bits per heavy atom. The highest BCUT2D eigenvalue weighted by atomic mass is 16.5. The molecule has 0 saturated carbocycles. The number of benzene rings is 1. The first-order valence-electron chi connectivity index (χ1n) is 5.97. The first-order valence-corrected chi connectivity index (χ1v) is 5.97. The minimum Gasteiger partial charge on any atom is -0.497 e. The average molecular weight is 275 g/mol. The van der Waals surface area contributed by atoms with E-state index in [-0.39, 0.29) is 0 Å². The van der Waals surface area contributed by atoms with Gasteiger partial charge < -0.3 is 20.2 Å². The number of hydrogen-bond acceptors (Lipinski definition) is 7. The van der Waals surface area contributed by atoms with Crippen LogP contribution in [0.4, 0.5) is 17.3 Å². The van der Waals surface area contributed by atoms with Gasteiger partial charge in [-0.25, -0.2) is 15.8 Å². The summed E-state index contributed by atoms with van der Waals surface area (Å²) in [7, 11) is 3.20. The Labute approximate surface area is 117 Å². The number of nitrogens with two attached hydrogens (primary N) is 1. The Hall–Kier alpha value is -2.54. The van der Waals surface area contributed by atoms with Crippen molar-refractivity contribution in [2.24, 2.45) is 5.84 Å². The van der Waals surface area contributed by atoms with Gasteiger partial charge in [-0.2, -0.15) is 0 Å². The molecule has 0 radical (unpaired) electrons. The molecular formula is C13H17N5O2. The van der Waals surface area contributed by atoms with E-state index in [1.165, 1.54) is 6.33 Å². The van der Waals surface area contributed by atoms with E-state index in [2.05, 4.69) is 20.7 Å². The molecule has 0 saturated heterocycles. The van der Waals surface area contributed by atoms with Crippen molar-refractivity contribution in [3.8, 4) is 11.5 Å². The summed E-state index contributed by atoms with van der Waals surface area (Å²) in [6, 6.07) is 5.49. The number of nitrogen functional groups attached to an aromatic ring is 1. The molecule has 1 aromatic carbocycles. The average Bonchev–Trinajstić information content (AvgIpc) is 2.49. The molecule has 1 aromatic heterocycles. The van der Waals surface area contributed by atoms with Crippen molar-refractivity contribution in [1.29, 1.82) is 0 Å². The molecule has 0 amide bonds. The van der Waals surface area contributed by atoms with Crippen LogP contribution in [0.2, 0.25) is 0 Å². The maximum absolute atomic E-state index is 5.40. The second-order valence-electron chi connectivity index (χ2n) is 4.03. The summed E-state index contributed by atoms with van der Waals surface area (Å²) < 4.78 is 10.5. The van der Waals surface area contributed by atoms with Crippen molar-refractivity contribution in [2.75, 3.05) is 25.0 Å². The summed E-state index contributed by atoms with van der Waals surface area (Å²) in [5.74, 6) is 7.99. The SMILES string of the molecule is COc1ccc(Nc2ncnc(NN)c2C)c(OC)c1. The smallest absolute Gasteiger partial charge is 0.148 e. The molecule has 7 heteroatoms. The van der Waals surface area contributed by atoms with Crippen LogP contribution in [0.5, 0.6) is 11.5 Å². The van der Waals surface area contributed by atoms with Crippen molar-refractivity contribution in [1.82, 2.24) is 9.97 Å². The number of nitrogens with zero attached hydrogens (tertiary/aromatic N) is 2. The molecule has 0 bridgehead atoms. The summed E-state index contributed by atoms with van der Waals surface area (Å²) in [6.45, 7) is 1.87. The zero-order valence-electron chi connectivity index (χ0n) is 11.6. The second-order valence-corrected chi connectivity index (χ2v) is 4.03. The number of nitrogens with one attached hydrogen (secondary N) is 2. The molecular weight excluding hydrogens is 258 g/mol. The molecule has 20 heavy (non-hydrogen) atoms. The van der Waals surface area contributed by atoms with E-state index >= 15 is 0 Å². The van der Waals surface area contributed by atoms with Crippen LogP contribution < -0.4 is 26.1 Å². The molecule has 4 N–H and O–H groups in total. The zero-order valence-corrected chi connectivity index (χ0v) is 11.6. The summed E-state index contributed by atoms with van der Waals surface area (Å²) in [5, 5.41) is 3.19. The lowest BCUT2D eigenvalue weighted by Crippen LogP contribution is -2.11. The first kappa shape index (κ1) is 13.9. The predicted octanol–water partition coefficient (Wildman–Crippen LogP) is 1.83. The first-order chi connectivity index (χ1) is 9.69. The number of ether oxygens (including phenoxy) is 2. The number of rotatable bonds is 5. The van der Waals surface area contributed by atoms with Gasteiger partial charge in [0.25, 0.3) is 0 Å². The van der Waals surface area contributed by atoms with Crippen LogP contribution in [-0.4, -0.2) is 24.2 Å². The lowest BCUT2D eigenvalue weighted by molar-refractivity contribution is 0.395. The Balaban J connectivity index is 2.35. The monoisotopic (exact) mass is 275 g/mol. The quantitative estimate of drug-likeness (QED) is 0.566. The number of methoxy groups -OCH3 is 2. The standard InChI is InChI=1S/C13H17N5O2/c1-8-12(15-7-16-13(8)18-14)17-10-5-4-9(19-2)6-11(10)20-3/h4-7H,14H2,1-3H3,(H2,15,16,17,18). The summed E-state index contributed by atoms with van der Waals surface area (Å²) in [6.07, 6.45) is 1.43. The summed E-state index contributed by atoms with van der Waals surface area (Å²) >= 11 is 0. The van der Waals surface area contributed by atoms with E-state index < -0.39 is 0 Å². The van der Waals surface area contributed by atoms with Gasteiger partial charge in [-0.05, 0) is 19.1 Å². The van der Waals surface area contributed by atoms with Crippen molar-refractivity contribution in [3.05, 3.63) is 30.1 Å².